The maximum atomic E-state index is 12.3. The highest BCUT2D eigenvalue weighted by molar-refractivity contribution is 6.44. The topological polar surface area (TPSA) is 96.0 Å². The van der Waals surface area contributed by atoms with E-state index < -0.39 is 30.3 Å². The van der Waals surface area contributed by atoms with Crippen molar-refractivity contribution in [2.45, 2.75) is 32.9 Å². The van der Waals surface area contributed by atoms with Crippen molar-refractivity contribution in [3.8, 4) is 0 Å². The lowest BCUT2D eigenvalue weighted by molar-refractivity contribution is -0.144. The van der Waals surface area contributed by atoms with Crippen LogP contribution in [0.1, 0.15) is 25.8 Å². The Balaban J connectivity index is 1.85. The van der Waals surface area contributed by atoms with E-state index in [0.29, 0.717) is 24.5 Å². The van der Waals surface area contributed by atoms with Crippen molar-refractivity contribution in [2.24, 2.45) is 0 Å². The minimum Gasteiger partial charge on any atom is -0.379 e. The molecule has 0 saturated carbocycles. The van der Waals surface area contributed by atoms with E-state index in [1.807, 2.05) is 19.9 Å². The molecule has 1 saturated heterocycles. The van der Waals surface area contributed by atoms with Crippen molar-refractivity contribution in [1.82, 2.24) is 15.1 Å². The summed E-state index contributed by atoms with van der Waals surface area (Å²) in [6.45, 7) is 4.23. The summed E-state index contributed by atoms with van der Waals surface area (Å²) in [5, 5.41) is 2.61. The number of ether oxygens (including phenoxy) is 1. The number of imide groups is 2. The number of rotatable bonds is 9. The molecule has 0 spiro atoms. The van der Waals surface area contributed by atoms with Crippen LogP contribution in [0.4, 0.5) is 4.79 Å². The van der Waals surface area contributed by atoms with Crippen molar-refractivity contribution in [2.75, 3.05) is 19.7 Å². The van der Waals surface area contributed by atoms with E-state index in [4.69, 9.17) is 4.74 Å². The fourth-order valence-corrected chi connectivity index (χ4v) is 2.41. The highest BCUT2D eigenvalue weighted by Gasteiger charge is 2.45. The zero-order valence-electron chi connectivity index (χ0n) is 14.9. The summed E-state index contributed by atoms with van der Waals surface area (Å²) in [6, 6.07) is 8.08. The molecule has 8 nitrogen and oxygen atoms in total. The number of hydrogen-bond donors (Lipinski definition) is 1. The van der Waals surface area contributed by atoms with Crippen molar-refractivity contribution in [1.29, 1.82) is 0 Å². The third-order valence-corrected chi connectivity index (χ3v) is 3.71. The maximum Gasteiger partial charge on any atom is 0.335 e. The molecule has 1 aliphatic heterocycles. The third kappa shape index (κ3) is 5.13. The molecule has 2 rings (SSSR count). The van der Waals surface area contributed by atoms with Gasteiger partial charge in [-0.2, -0.15) is 0 Å². The van der Waals surface area contributed by atoms with Gasteiger partial charge >= 0.3 is 17.8 Å². The van der Waals surface area contributed by atoms with Gasteiger partial charge in [0.25, 0.3) is 0 Å². The fourth-order valence-electron chi connectivity index (χ4n) is 2.41. The molecule has 0 atom stereocenters. The van der Waals surface area contributed by atoms with Crippen LogP contribution in [0, 0.1) is 0 Å². The first-order chi connectivity index (χ1) is 12.4. The molecule has 1 heterocycles. The Hall–Kier alpha value is -2.74. The number of benzene rings is 1. The molecule has 1 N–H and O–H groups in total. The Morgan fingerprint density at radius 3 is 2.38 bits per heavy atom. The molecule has 8 heteroatoms. The largest absolute Gasteiger partial charge is 0.379 e. The Bertz CT molecular complexity index is 675. The number of amides is 5. The first-order valence-corrected chi connectivity index (χ1v) is 8.49. The molecule has 1 aromatic carbocycles. The zero-order valence-corrected chi connectivity index (χ0v) is 14.9. The van der Waals surface area contributed by atoms with Gasteiger partial charge in [0.05, 0.1) is 12.6 Å². The number of hydrogen-bond acceptors (Lipinski definition) is 5. The molecule has 5 amide bonds. The predicted octanol–water partition coefficient (Wildman–Crippen LogP) is 0.909. The predicted molar refractivity (Wildman–Crippen MR) is 92.8 cm³/mol. The lowest BCUT2D eigenvalue weighted by atomic mass is 10.2. The summed E-state index contributed by atoms with van der Waals surface area (Å²) in [4.78, 5) is 49.8. The second kappa shape index (κ2) is 9.10. The monoisotopic (exact) mass is 361 g/mol. The summed E-state index contributed by atoms with van der Waals surface area (Å²) < 4.78 is 5.35. The van der Waals surface area contributed by atoms with Gasteiger partial charge in [0, 0.05) is 13.2 Å². The summed E-state index contributed by atoms with van der Waals surface area (Å²) in [5.41, 5.74) is 0.721. The van der Waals surface area contributed by atoms with Crippen molar-refractivity contribution in [3.63, 3.8) is 0 Å². The van der Waals surface area contributed by atoms with Gasteiger partial charge in [-0.3, -0.25) is 19.3 Å². The lowest BCUT2D eigenvalue weighted by Gasteiger charge is -2.15. The third-order valence-electron chi connectivity index (χ3n) is 3.71. The van der Waals surface area contributed by atoms with Gasteiger partial charge in [-0.25, -0.2) is 9.69 Å². The van der Waals surface area contributed by atoms with E-state index in [-0.39, 0.29) is 12.6 Å². The Morgan fingerprint density at radius 2 is 1.73 bits per heavy atom. The molecule has 140 valence electrons. The van der Waals surface area contributed by atoms with Crippen molar-refractivity contribution >= 4 is 23.8 Å². The highest BCUT2D eigenvalue weighted by atomic mass is 16.5. The molecule has 0 radical (unpaired) electrons. The second-order valence-electron chi connectivity index (χ2n) is 6.17. The van der Waals surface area contributed by atoms with Crippen LogP contribution >= 0.6 is 0 Å². The minimum atomic E-state index is -0.982. The van der Waals surface area contributed by atoms with Crippen LogP contribution in [0.25, 0.3) is 0 Å². The summed E-state index contributed by atoms with van der Waals surface area (Å²) in [6.07, 6.45) is 0.734. The molecule has 1 aliphatic rings. The van der Waals surface area contributed by atoms with Gasteiger partial charge in [0.1, 0.15) is 6.54 Å². The summed E-state index contributed by atoms with van der Waals surface area (Å²) in [7, 11) is 0. The number of urea groups is 1. The molecular weight excluding hydrogens is 338 g/mol. The lowest BCUT2D eigenvalue weighted by Crippen LogP contribution is -2.41. The molecule has 0 bridgehead atoms. The van der Waals surface area contributed by atoms with Crippen LogP contribution in [0.15, 0.2) is 30.3 Å². The van der Waals surface area contributed by atoms with E-state index in [9.17, 15) is 19.2 Å². The van der Waals surface area contributed by atoms with Crippen LogP contribution in [-0.4, -0.2) is 59.4 Å². The standard InChI is InChI=1S/C18H23N3O5/c1-13(2)26-10-6-9-19-15(22)12-21-17(24)16(23)20(18(21)25)11-14-7-4-3-5-8-14/h3-5,7-8,13H,6,9-12H2,1-2H3,(H,19,22). The van der Waals surface area contributed by atoms with E-state index >= 15 is 0 Å². The van der Waals surface area contributed by atoms with Crippen LogP contribution in [0.5, 0.6) is 0 Å². The summed E-state index contributed by atoms with van der Waals surface area (Å²) in [5.74, 6) is -2.40. The number of carbonyl (C=O) groups is 4. The van der Waals surface area contributed by atoms with Gasteiger partial charge in [0.15, 0.2) is 0 Å². The Labute approximate surface area is 152 Å². The van der Waals surface area contributed by atoms with Crippen LogP contribution < -0.4 is 5.32 Å². The quantitative estimate of drug-likeness (QED) is 0.401. The Morgan fingerprint density at radius 1 is 1.08 bits per heavy atom. The molecule has 0 aromatic heterocycles. The number of nitrogens with zero attached hydrogens (tertiary/aromatic N) is 2. The zero-order chi connectivity index (χ0) is 19.1. The van der Waals surface area contributed by atoms with Gasteiger partial charge in [-0.15, -0.1) is 0 Å². The molecule has 0 unspecified atom stereocenters. The molecule has 1 fully saturated rings. The highest BCUT2D eigenvalue weighted by Crippen LogP contribution is 2.15. The minimum absolute atomic E-state index is 0.00505. The van der Waals surface area contributed by atoms with Crippen LogP contribution in [-0.2, 0) is 25.7 Å². The average Bonchev–Trinajstić information content (AvgIpc) is 2.80. The second-order valence-corrected chi connectivity index (χ2v) is 6.17. The molecule has 0 aliphatic carbocycles. The summed E-state index contributed by atoms with van der Waals surface area (Å²) >= 11 is 0. The maximum absolute atomic E-state index is 12.3. The van der Waals surface area contributed by atoms with Crippen LogP contribution in [0.2, 0.25) is 0 Å². The number of nitrogens with one attached hydrogen (secondary N) is 1. The Kier molecular flexibility index (Phi) is 6.85. The van der Waals surface area contributed by atoms with Gasteiger partial charge in [0.2, 0.25) is 5.91 Å². The first kappa shape index (κ1) is 19.6. The smallest absolute Gasteiger partial charge is 0.335 e. The van der Waals surface area contributed by atoms with Crippen molar-refractivity contribution in [3.05, 3.63) is 35.9 Å². The molecular formula is C18H23N3O5. The van der Waals surface area contributed by atoms with Gasteiger partial charge in [-0.1, -0.05) is 30.3 Å². The fraction of sp³-hybridized carbons (Fsp3) is 0.444. The molecule has 26 heavy (non-hydrogen) atoms. The van der Waals surface area contributed by atoms with E-state index in [1.54, 1.807) is 24.3 Å². The van der Waals surface area contributed by atoms with E-state index in [0.717, 1.165) is 10.5 Å². The van der Waals surface area contributed by atoms with E-state index in [2.05, 4.69) is 5.32 Å². The van der Waals surface area contributed by atoms with Crippen LogP contribution in [0.3, 0.4) is 0 Å². The normalized spacial score (nSPS) is 14.5. The average molecular weight is 361 g/mol. The molecule has 1 aromatic rings. The SMILES string of the molecule is CC(C)OCCCNC(=O)CN1C(=O)C(=O)N(Cc2ccccc2)C1=O. The van der Waals surface area contributed by atoms with Gasteiger partial charge in [-0.05, 0) is 25.8 Å². The van der Waals surface area contributed by atoms with Crippen molar-refractivity contribution < 1.29 is 23.9 Å². The first-order valence-electron chi connectivity index (χ1n) is 8.49. The number of carbonyl (C=O) groups excluding carboxylic acids is 4. The van der Waals surface area contributed by atoms with E-state index in [1.165, 1.54) is 0 Å². The van der Waals surface area contributed by atoms with Gasteiger partial charge < -0.3 is 10.1 Å².